The van der Waals surface area contributed by atoms with Crippen LogP contribution in [0.4, 0.5) is 10.1 Å². The van der Waals surface area contributed by atoms with Crippen LogP contribution in [0.3, 0.4) is 0 Å². The lowest BCUT2D eigenvalue weighted by Gasteiger charge is -2.09. The van der Waals surface area contributed by atoms with Crippen molar-refractivity contribution in [3.63, 3.8) is 0 Å². The Bertz CT molecular complexity index is 650. The predicted molar refractivity (Wildman–Crippen MR) is 74.9 cm³/mol. The van der Waals surface area contributed by atoms with E-state index in [1.54, 1.807) is 24.3 Å². The van der Waals surface area contributed by atoms with Gasteiger partial charge in [0.2, 0.25) is 0 Å². The molecule has 0 aliphatic rings. The number of nitrogens with one attached hydrogen (secondary N) is 1. The first-order chi connectivity index (χ1) is 9.10. The van der Waals surface area contributed by atoms with Gasteiger partial charge >= 0.3 is 0 Å². The normalized spacial score (nSPS) is 10.0. The molecule has 5 heteroatoms. The molecular weight excluding hydrogens is 286 g/mol. The molecule has 0 saturated heterocycles. The second kappa shape index (κ2) is 5.92. The van der Waals surface area contributed by atoms with E-state index in [4.69, 9.17) is 28.5 Å². The highest BCUT2D eigenvalue weighted by Gasteiger charge is 2.04. The van der Waals surface area contributed by atoms with Crippen molar-refractivity contribution in [3.8, 4) is 6.07 Å². The molecule has 0 aliphatic carbocycles. The molecule has 0 unspecified atom stereocenters. The van der Waals surface area contributed by atoms with Gasteiger partial charge in [0.25, 0.3) is 0 Å². The molecule has 1 N–H and O–H groups in total. The fourth-order valence-electron chi connectivity index (χ4n) is 1.58. The van der Waals surface area contributed by atoms with Crippen LogP contribution in [0, 0.1) is 17.1 Å². The molecule has 0 spiro atoms. The maximum Gasteiger partial charge on any atom is 0.124 e. The van der Waals surface area contributed by atoms with E-state index < -0.39 is 0 Å². The molecule has 19 heavy (non-hydrogen) atoms. The van der Waals surface area contributed by atoms with Crippen LogP contribution < -0.4 is 5.32 Å². The summed E-state index contributed by atoms with van der Waals surface area (Å²) in [5, 5.41) is 12.6. The van der Waals surface area contributed by atoms with Crippen molar-refractivity contribution in [3.05, 3.63) is 63.4 Å². The van der Waals surface area contributed by atoms with E-state index in [1.807, 2.05) is 6.07 Å². The topological polar surface area (TPSA) is 35.8 Å². The van der Waals surface area contributed by atoms with Crippen molar-refractivity contribution in [1.29, 1.82) is 5.26 Å². The molecule has 0 amide bonds. The lowest BCUT2D eigenvalue weighted by atomic mass is 10.2. The van der Waals surface area contributed by atoms with Gasteiger partial charge in [-0.3, -0.25) is 0 Å². The van der Waals surface area contributed by atoms with Gasteiger partial charge in [0.1, 0.15) is 11.9 Å². The number of hydrogen-bond donors (Lipinski definition) is 1. The third-order valence-electron chi connectivity index (χ3n) is 2.59. The van der Waals surface area contributed by atoms with Gasteiger partial charge in [-0.15, -0.1) is 0 Å². The maximum absolute atomic E-state index is 12.9. The molecule has 2 rings (SSSR count). The Morgan fingerprint density at radius 1 is 1.11 bits per heavy atom. The zero-order chi connectivity index (χ0) is 13.8. The summed E-state index contributed by atoms with van der Waals surface area (Å²) in [6.45, 7) is 0.446. The number of rotatable bonds is 3. The lowest BCUT2D eigenvalue weighted by molar-refractivity contribution is 0.627. The van der Waals surface area contributed by atoms with Gasteiger partial charge in [-0.05, 0) is 35.9 Å². The quantitative estimate of drug-likeness (QED) is 0.897. The number of nitrogens with zero attached hydrogens (tertiary/aromatic N) is 1. The van der Waals surface area contributed by atoms with E-state index in [2.05, 4.69) is 5.32 Å². The summed E-state index contributed by atoms with van der Waals surface area (Å²) >= 11 is 11.9. The first-order valence-electron chi connectivity index (χ1n) is 5.47. The van der Waals surface area contributed by atoms with Crippen LogP contribution in [0.25, 0.3) is 0 Å². The molecule has 0 aromatic heterocycles. The average Bonchev–Trinajstić information content (AvgIpc) is 2.38. The average molecular weight is 295 g/mol. The molecule has 0 atom stereocenters. The van der Waals surface area contributed by atoms with E-state index in [0.29, 0.717) is 22.2 Å². The third kappa shape index (κ3) is 3.37. The highest BCUT2D eigenvalue weighted by atomic mass is 35.5. The molecule has 0 radical (unpaired) electrons. The van der Waals surface area contributed by atoms with Gasteiger partial charge in [-0.1, -0.05) is 29.3 Å². The molecular formula is C14H9Cl2FN2. The van der Waals surface area contributed by atoms with E-state index >= 15 is 0 Å². The molecule has 0 saturated carbocycles. The van der Waals surface area contributed by atoms with E-state index in [9.17, 15) is 4.39 Å². The number of halogens is 3. The Morgan fingerprint density at radius 2 is 1.89 bits per heavy atom. The van der Waals surface area contributed by atoms with Gasteiger partial charge in [0, 0.05) is 17.3 Å². The zero-order valence-corrected chi connectivity index (χ0v) is 11.3. The molecule has 2 nitrogen and oxygen atoms in total. The van der Waals surface area contributed by atoms with E-state index in [1.165, 1.54) is 12.1 Å². The summed E-state index contributed by atoms with van der Waals surface area (Å²) in [5.74, 6) is -0.366. The summed E-state index contributed by atoms with van der Waals surface area (Å²) in [6.07, 6.45) is 0. The molecule has 0 fully saturated rings. The smallest absolute Gasteiger partial charge is 0.124 e. The van der Waals surface area contributed by atoms with Crippen LogP contribution in [-0.4, -0.2) is 0 Å². The summed E-state index contributed by atoms with van der Waals surface area (Å²) < 4.78 is 12.9. The van der Waals surface area contributed by atoms with Crippen molar-refractivity contribution in [2.24, 2.45) is 0 Å². The summed E-state index contributed by atoms with van der Waals surface area (Å²) in [6, 6.07) is 11.3. The summed E-state index contributed by atoms with van der Waals surface area (Å²) in [7, 11) is 0. The van der Waals surface area contributed by atoms with Crippen LogP contribution in [0.15, 0.2) is 36.4 Å². The van der Waals surface area contributed by atoms with Crippen molar-refractivity contribution < 1.29 is 4.39 Å². The highest BCUT2D eigenvalue weighted by molar-refractivity contribution is 6.32. The van der Waals surface area contributed by atoms with Gasteiger partial charge in [0.05, 0.1) is 10.6 Å². The van der Waals surface area contributed by atoms with Gasteiger partial charge in [-0.2, -0.15) is 5.26 Å². The second-order valence-electron chi connectivity index (χ2n) is 3.90. The van der Waals surface area contributed by atoms with Crippen molar-refractivity contribution in [2.75, 3.05) is 5.32 Å². The number of hydrogen-bond acceptors (Lipinski definition) is 2. The van der Waals surface area contributed by atoms with Gasteiger partial charge in [-0.25, -0.2) is 4.39 Å². The number of anilines is 1. The first-order valence-corrected chi connectivity index (χ1v) is 6.23. The van der Waals surface area contributed by atoms with Crippen LogP contribution in [0.5, 0.6) is 0 Å². The van der Waals surface area contributed by atoms with Crippen LogP contribution in [0.2, 0.25) is 10.0 Å². The Labute approximate surface area is 120 Å². The first kappa shape index (κ1) is 13.7. The monoisotopic (exact) mass is 294 g/mol. The zero-order valence-electron chi connectivity index (χ0n) is 9.75. The fourth-order valence-corrected chi connectivity index (χ4v) is 2.03. The van der Waals surface area contributed by atoms with E-state index in [0.717, 1.165) is 11.3 Å². The number of nitriles is 1. The summed E-state index contributed by atoms with van der Waals surface area (Å²) in [4.78, 5) is 0. The van der Waals surface area contributed by atoms with E-state index in [-0.39, 0.29) is 5.82 Å². The minimum atomic E-state index is -0.366. The minimum Gasteiger partial charge on any atom is -0.381 e. The Kier molecular flexibility index (Phi) is 4.26. The standard InChI is InChI=1S/C14H9Cl2FN2/c15-13-5-11(17)3-1-10(13)8-19-12-4-2-9(7-18)14(16)6-12/h1-6,19H,8H2. The molecule has 2 aromatic carbocycles. The lowest BCUT2D eigenvalue weighted by Crippen LogP contribution is -2.00. The second-order valence-corrected chi connectivity index (χ2v) is 4.71. The SMILES string of the molecule is N#Cc1ccc(NCc2ccc(F)cc2Cl)cc1Cl. The van der Waals surface area contributed by atoms with Crippen molar-refractivity contribution in [2.45, 2.75) is 6.54 Å². The van der Waals surface area contributed by atoms with Crippen LogP contribution in [-0.2, 0) is 6.54 Å². The van der Waals surface area contributed by atoms with Crippen molar-refractivity contribution >= 4 is 28.9 Å². The molecule has 0 aliphatic heterocycles. The van der Waals surface area contributed by atoms with Crippen LogP contribution in [0.1, 0.15) is 11.1 Å². The highest BCUT2D eigenvalue weighted by Crippen LogP contribution is 2.22. The predicted octanol–water partition coefficient (Wildman–Crippen LogP) is 4.62. The molecule has 0 heterocycles. The Balaban J connectivity index is 2.10. The molecule has 2 aromatic rings. The third-order valence-corrected chi connectivity index (χ3v) is 3.25. The van der Waals surface area contributed by atoms with Gasteiger partial charge < -0.3 is 5.32 Å². The molecule has 0 bridgehead atoms. The van der Waals surface area contributed by atoms with Crippen LogP contribution >= 0.6 is 23.2 Å². The Hall–Kier alpha value is -1.76. The largest absolute Gasteiger partial charge is 0.381 e. The minimum absolute atomic E-state index is 0.366. The fraction of sp³-hybridized carbons (Fsp3) is 0.0714. The number of benzene rings is 2. The molecule has 96 valence electrons. The maximum atomic E-state index is 12.9. The summed E-state index contributed by atoms with van der Waals surface area (Å²) in [5.41, 5.74) is 1.97. The Morgan fingerprint density at radius 3 is 2.53 bits per heavy atom. The van der Waals surface area contributed by atoms with Crippen molar-refractivity contribution in [1.82, 2.24) is 0 Å². The van der Waals surface area contributed by atoms with Gasteiger partial charge in [0.15, 0.2) is 0 Å².